The van der Waals surface area contributed by atoms with Crippen molar-refractivity contribution in [3.8, 4) is 44.9 Å². The molecule has 0 radical (unpaired) electrons. The lowest BCUT2D eigenvalue weighted by atomic mass is 9.95. The third-order valence-corrected chi connectivity index (χ3v) is 8.85. The van der Waals surface area contributed by atoms with E-state index in [9.17, 15) is 29.4 Å². The minimum absolute atomic E-state index is 0.0982. The zero-order valence-corrected chi connectivity index (χ0v) is 27.0. The van der Waals surface area contributed by atoms with Gasteiger partial charge in [0.1, 0.15) is 11.5 Å². The molecule has 6 aromatic carbocycles. The van der Waals surface area contributed by atoms with Gasteiger partial charge < -0.3 is 29.2 Å². The number of benzene rings is 6. The maximum atomic E-state index is 13.4. The van der Waals surface area contributed by atoms with E-state index in [-0.39, 0.29) is 44.9 Å². The highest BCUT2D eigenvalue weighted by atomic mass is 16.6. The molecule has 2 atom stereocenters. The largest absolute Gasteiger partial charge is 0.428 e. The van der Waals surface area contributed by atoms with E-state index in [1.807, 2.05) is 78.9 Å². The van der Waals surface area contributed by atoms with Gasteiger partial charge in [-0.1, -0.05) is 78.9 Å². The van der Waals surface area contributed by atoms with Crippen molar-refractivity contribution in [2.24, 2.45) is 0 Å². The molecular formula is C42H26O10. The van der Waals surface area contributed by atoms with Gasteiger partial charge in [0.25, 0.3) is 0 Å². The molecule has 2 aliphatic heterocycles. The Balaban J connectivity index is 1.14. The van der Waals surface area contributed by atoms with E-state index in [0.717, 1.165) is 22.3 Å². The molecule has 2 N–H and O–H groups in total. The predicted molar refractivity (Wildman–Crippen MR) is 186 cm³/mol. The van der Waals surface area contributed by atoms with Crippen LogP contribution < -0.4 is 9.47 Å². The summed E-state index contributed by atoms with van der Waals surface area (Å²) in [6, 6.07) is 38.1. The fraction of sp³-hybridized carbons (Fsp3) is 0.0476. The number of rotatable bonds is 7. The van der Waals surface area contributed by atoms with Crippen LogP contribution in [0.4, 0.5) is 0 Å². The van der Waals surface area contributed by atoms with E-state index in [1.165, 1.54) is 36.4 Å². The van der Waals surface area contributed by atoms with Crippen LogP contribution in [0.1, 0.15) is 65.1 Å². The summed E-state index contributed by atoms with van der Waals surface area (Å²) in [6.45, 7) is 0. The summed E-state index contributed by atoms with van der Waals surface area (Å²) >= 11 is 0. The molecule has 0 saturated carbocycles. The van der Waals surface area contributed by atoms with Crippen molar-refractivity contribution in [1.29, 1.82) is 0 Å². The molecule has 52 heavy (non-hydrogen) atoms. The Kier molecular flexibility index (Phi) is 8.15. The average molecular weight is 691 g/mol. The number of aliphatic hydroxyl groups is 2. The first kappa shape index (κ1) is 32.3. The molecule has 2 aliphatic rings. The van der Waals surface area contributed by atoms with Crippen LogP contribution >= 0.6 is 0 Å². The van der Waals surface area contributed by atoms with Crippen molar-refractivity contribution in [3.63, 3.8) is 0 Å². The minimum atomic E-state index is -1.46. The maximum absolute atomic E-state index is 13.4. The molecule has 8 rings (SSSR count). The number of hydrogen-bond acceptors (Lipinski definition) is 10. The lowest BCUT2D eigenvalue weighted by Crippen LogP contribution is -2.10. The Morgan fingerprint density at radius 1 is 0.462 bits per heavy atom. The lowest BCUT2D eigenvalue weighted by molar-refractivity contribution is -0.0557. The smallest absolute Gasteiger partial charge is 0.343 e. The van der Waals surface area contributed by atoms with Crippen LogP contribution in [0.3, 0.4) is 0 Å². The molecule has 10 heteroatoms. The Labute approximate surface area is 296 Å². The molecule has 254 valence electrons. The minimum Gasteiger partial charge on any atom is -0.428 e. The first-order valence-corrected chi connectivity index (χ1v) is 16.1. The van der Waals surface area contributed by atoms with Gasteiger partial charge in [-0.25, -0.2) is 19.2 Å². The van der Waals surface area contributed by atoms with Crippen LogP contribution in [-0.2, 0) is 9.47 Å². The second-order valence-corrected chi connectivity index (χ2v) is 12.1. The summed E-state index contributed by atoms with van der Waals surface area (Å²) in [6.07, 6.45) is -2.84. The van der Waals surface area contributed by atoms with Gasteiger partial charge in [0.05, 0.1) is 22.3 Å². The second kappa shape index (κ2) is 13.1. The standard InChI is InChI=1S/C42H26O10/c43-37(27-11-15-29-33(21-27)41(47)51-39(29)45)49-35-17-13-25(19-31(35)23-7-3-1-4-8-23)26-14-18-36(32(20-26)24-9-5-2-6-10-24)50-38(44)28-12-16-30-34(22-28)42(48)52-40(30)46/h1-22,39,42,45,48H/t39-,42?/m0/s1. The van der Waals surface area contributed by atoms with Gasteiger partial charge in [-0.3, -0.25) is 0 Å². The van der Waals surface area contributed by atoms with Crippen LogP contribution in [-0.4, -0.2) is 34.1 Å². The zero-order chi connectivity index (χ0) is 35.9. The van der Waals surface area contributed by atoms with Crippen LogP contribution in [0.25, 0.3) is 33.4 Å². The number of aliphatic hydroxyl groups excluding tert-OH is 2. The van der Waals surface area contributed by atoms with Gasteiger partial charge in [-0.15, -0.1) is 0 Å². The first-order chi connectivity index (χ1) is 25.2. The third kappa shape index (κ3) is 5.98. The molecule has 0 aliphatic carbocycles. The number of esters is 4. The van der Waals surface area contributed by atoms with Crippen molar-refractivity contribution in [2.45, 2.75) is 12.6 Å². The Morgan fingerprint density at radius 2 is 0.942 bits per heavy atom. The van der Waals surface area contributed by atoms with E-state index < -0.39 is 36.5 Å². The monoisotopic (exact) mass is 690 g/mol. The topological polar surface area (TPSA) is 146 Å². The molecule has 0 saturated heterocycles. The molecule has 0 bridgehead atoms. The zero-order valence-electron chi connectivity index (χ0n) is 27.0. The van der Waals surface area contributed by atoms with E-state index in [0.29, 0.717) is 11.1 Å². The summed E-state index contributed by atoms with van der Waals surface area (Å²) in [4.78, 5) is 50.8. The van der Waals surface area contributed by atoms with E-state index in [1.54, 1.807) is 18.2 Å². The van der Waals surface area contributed by atoms with Crippen molar-refractivity contribution in [1.82, 2.24) is 0 Å². The summed E-state index contributed by atoms with van der Waals surface area (Å²) in [5, 5.41) is 20.0. The first-order valence-electron chi connectivity index (χ1n) is 16.1. The maximum Gasteiger partial charge on any atom is 0.343 e. The fourth-order valence-electron chi connectivity index (χ4n) is 6.21. The number of ether oxygens (including phenoxy) is 4. The average Bonchev–Trinajstić information content (AvgIpc) is 3.63. The molecule has 0 aromatic heterocycles. The van der Waals surface area contributed by atoms with Gasteiger partial charge in [-0.2, -0.15) is 0 Å². The Hall–Kier alpha value is -6.88. The molecule has 1 unspecified atom stereocenters. The Bertz CT molecular complexity index is 2420. The van der Waals surface area contributed by atoms with E-state index >= 15 is 0 Å². The third-order valence-electron chi connectivity index (χ3n) is 8.85. The van der Waals surface area contributed by atoms with Crippen LogP contribution in [0, 0.1) is 0 Å². The van der Waals surface area contributed by atoms with Gasteiger partial charge in [0, 0.05) is 22.3 Å². The number of carbonyl (C=O) groups excluding carboxylic acids is 4. The summed E-state index contributed by atoms with van der Waals surface area (Å²) in [5.41, 5.74) is 5.39. The van der Waals surface area contributed by atoms with Crippen LogP contribution in [0.5, 0.6) is 11.5 Å². The SMILES string of the molecule is O=C(Oc1ccc(-c2ccc(OC(=O)c3ccc4c(c3)C(O)OC4=O)c(-c3ccccc3)c2)cc1-c1ccccc1)c1ccc2c(c1)C(=O)O[C@@H]2O. The van der Waals surface area contributed by atoms with Gasteiger partial charge in [0.2, 0.25) is 12.6 Å². The van der Waals surface area contributed by atoms with Crippen LogP contribution in [0.15, 0.2) is 133 Å². The highest BCUT2D eigenvalue weighted by Gasteiger charge is 2.32. The molecule has 6 aromatic rings. The second-order valence-electron chi connectivity index (χ2n) is 12.1. The summed E-state index contributed by atoms with van der Waals surface area (Å²) in [5.74, 6) is -2.21. The predicted octanol–water partition coefficient (Wildman–Crippen LogP) is 7.45. The number of fused-ring (bicyclic) bond motifs is 2. The normalized spacial score (nSPS) is 15.7. The number of cyclic esters (lactones) is 2. The van der Waals surface area contributed by atoms with Crippen LogP contribution in [0.2, 0.25) is 0 Å². The van der Waals surface area contributed by atoms with Gasteiger partial charge in [0.15, 0.2) is 0 Å². The molecule has 10 nitrogen and oxygen atoms in total. The molecule has 0 fully saturated rings. The fourth-order valence-corrected chi connectivity index (χ4v) is 6.21. The van der Waals surface area contributed by atoms with E-state index in [2.05, 4.69) is 0 Å². The van der Waals surface area contributed by atoms with Crippen molar-refractivity contribution in [2.75, 3.05) is 0 Å². The quantitative estimate of drug-likeness (QED) is 0.128. The van der Waals surface area contributed by atoms with Crippen molar-refractivity contribution < 1.29 is 48.3 Å². The molecular weight excluding hydrogens is 664 g/mol. The number of hydrogen-bond donors (Lipinski definition) is 2. The van der Waals surface area contributed by atoms with Crippen molar-refractivity contribution in [3.05, 3.63) is 167 Å². The highest BCUT2D eigenvalue weighted by Crippen LogP contribution is 2.39. The van der Waals surface area contributed by atoms with Gasteiger partial charge >= 0.3 is 23.9 Å². The molecule has 0 spiro atoms. The Morgan fingerprint density at radius 3 is 1.50 bits per heavy atom. The molecule has 0 amide bonds. The molecule has 2 heterocycles. The van der Waals surface area contributed by atoms with Crippen molar-refractivity contribution >= 4 is 23.9 Å². The summed E-state index contributed by atoms with van der Waals surface area (Å²) in [7, 11) is 0. The number of carbonyl (C=O) groups is 4. The highest BCUT2D eigenvalue weighted by molar-refractivity contribution is 6.00. The lowest BCUT2D eigenvalue weighted by Gasteiger charge is -2.15. The van der Waals surface area contributed by atoms with Gasteiger partial charge in [-0.05, 0) is 76.9 Å². The summed E-state index contributed by atoms with van der Waals surface area (Å²) < 4.78 is 21.5. The van der Waals surface area contributed by atoms with E-state index in [4.69, 9.17) is 18.9 Å².